The molecule has 16 heavy (non-hydrogen) atoms. The molecule has 2 fully saturated rings. The average molecular weight is 220 g/mol. The van der Waals surface area contributed by atoms with Gasteiger partial charge in [0, 0.05) is 25.2 Å². The summed E-state index contributed by atoms with van der Waals surface area (Å²) in [6, 6.07) is 1.68. The second-order valence-corrected chi connectivity index (χ2v) is 5.20. The van der Waals surface area contributed by atoms with E-state index in [0.29, 0.717) is 18.1 Å². The Morgan fingerprint density at radius 1 is 1.44 bits per heavy atom. The lowest BCUT2D eigenvalue weighted by Gasteiger charge is -2.43. The van der Waals surface area contributed by atoms with Crippen molar-refractivity contribution >= 4 is 0 Å². The number of rotatable bonds is 4. The molecular formula is C14H24N2. The molecule has 0 bridgehead atoms. The molecule has 0 aromatic heterocycles. The fourth-order valence-electron chi connectivity index (χ4n) is 2.87. The number of piperazine rings is 1. The van der Waals surface area contributed by atoms with Crippen LogP contribution >= 0.6 is 0 Å². The van der Waals surface area contributed by atoms with Crippen LogP contribution < -0.4 is 5.32 Å². The van der Waals surface area contributed by atoms with Gasteiger partial charge in [0.1, 0.15) is 0 Å². The Hall–Kier alpha value is -0.520. The zero-order valence-corrected chi connectivity index (χ0v) is 10.6. The first-order valence-corrected chi connectivity index (χ1v) is 6.75. The van der Waals surface area contributed by atoms with E-state index in [1.807, 2.05) is 0 Å². The minimum absolute atomic E-state index is 0.341. The first-order chi connectivity index (χ1) is 7.80. The summed E-state index contributed by atoms with van der Waals surface area (Å²) in [6.07, 6.45) is 10.8. The molecule has 1 aliphatic carbocycles. The van der Waals surface area contributed by atoms with Gasteiger partial charge >= 0.3 is 0 Å². The molecular weight excluding hydrogens is 196 g/mol. The fourth-order valence-corrected chi connectivity index (χ4v) is 2.87. The molecule has 2 nitrogen and oxygen atoms in total. The molecule has 90 valence electrons. The zero-order valence-electron chi connectivity index (χ0n) is 10.6. The van der Waals surface area contributed by atoms with Crippen LogP contribution in [0.5, 0.6) is 0 Å². The highest BCUT2D eigenvalue weighted by Gasteiger charge is 2.38. The molecule has 1 aliphatic heterocycles. The molecule has 2 rings (SSSR count). The number of nitrogens with zero attached hydrogens (tertiary/aromatic N) is 1. The smallest absolute Gasteiger partial charge is 0.0712 e. The summed E-state index contributed by atoms with van der Waals surface area (Å²) in [5.41, 5.74) is 0. The molecule has 0 aromatic rings. The molecule has 1 saturated carbocycles. The number of hydrogen-bond donors (Lipinski definition) is 1. The lowest BCUT2D eigenvalue weighted by atomic mass is 10.0. The summed E-state index contributed by atoms with van der Waals surface area (Å²) in [4.78, 5) is 2.57. The summed E-state index contributed by atoms with van der Waals surface area (Å²) < 4.78 is 0. The van der Waals surface area contributed by atoms with Gasteiger partial charge in [0.05, 0.1) is 6.04 Å². The number of nitrogens with one attached hydrogen (secondary N) is 1. The molecule has 0 radical (unpaired) electrons. The number of terminal acetylenes is 1. The zero-order chi connectivity index (χ0) is 11.5. The molecule has 1 saturated heterocycles. The van der Waals surface area contributed by atoms with Crippen molar-refractivity contribution in [3.63, 3.8) is 0 Å². The van der Waals surface area contributed by atoms with Crippen molar-refractivity contribution in [2.24, 2.45) is 5.92 Å². The maximum atomic E-state index is 5.66. The number of hydrogen-bond acceptors (Lipinski definition) is 2. The van der Waals surface area contributed by atoms with Crippen molar-refractivity contribution in [1.82, 2.24) is 10.2 Å². The van der Waals surface area contributed by atoms with E-state index < -0.39 is 0 Å². The predicted octanol–water partition coefficient (Wildman–Crippen LogP) is 1.86. The van der Waals surface area contributed by atoms with Crippen LogP contribution in [-0.4, -0.2) is 36.1 Å². The third-order valence-electron chi connectivity index (χ3n) is 4.13. The summed E-state index contributed by atoms with van der Waals surface area (Å²) >= 11 is 0. The Balaban J connectivity index is 2.01. The maximum Gasteiger partial charge on any atom is 0.0712 e. The molecule has 0 aromatic carbocycles. The van der Waals surface area contributed by atoms with Crippen LogP contribution in [0.15, 0.2) is 0 Å². The first kappa shape index (κ1) is 12.0. The lowest BCUT2D eigenvalue weighted by molar-refractivity contribution is 0.0940. The van der Waals surface area contributed by atoms with Gasteiger partial charge in [-0.15, -0.1) is 6.42 Å². The topological polar surface area (TPSA) is 15.3 Å². The van der Waals surface area contributed by atoms with Crippen LogP contribution in [0.1, 0.15) is 39.5 Å². The second kappa shape index (κ2) is 5.21. The lowest BCUT2D eigenvalue weighted by Crippen LogP contribution is -2.59. The monoisotopic (exact) mass is 220 g/mol. The third-order valence-corrected chi connectivity index (χ3v) is 4.13. The van der Waals surface area contributed by atoms with Gasteiger partial charge in [0.15, 0.2) is 0 Å². The van der Waals surface area contributed by atoms with Crippen molar-refractivity contribution < 1.29 is 0 Å². The van der Waals surface area contributed by atoms with E-state index in [0.717, 1.165) is 25.4 Å². The van der Waals surface area contributed by atoms with Crippen LogP contribution in [0, 0.1) is 18.3 Å². The van der Waals surface area contributed by atoms with Gasteiger partial charge in [-0.2, -0.15) is 0 Å². The standard InChI is InChI=1S/C14H24N2/c1-4-12(5-2)16-10-14(11-7-8-11)15-9-13(16)6-3/h1,11-15H,5-10H2,2-3H3. The third kappa shape index (κ3) is 2.42. The molecule has 3 unspecified atom stereocenters. The van der Waals surface area contributed by atoms with Crippen LogP contribution in [0.4, 0.5) is 0 Å². The van der Waals surface area contributed by atoms with Crippen LogP contribution in [-0.2, 0) is 0 Å². The molecule has 1 N–H and O–H groups in total. The predicted molar refractivity (Wildman–Crippen MR) is 68.2 cm³/mol. The Bertz CT molecular complexity index is 264. The minimum atomic E-state index is 0.341. The summed E-state index contributed by atoms with van der Waals surface area (Å²) in [7, 11) is 0. The highest BCUT2D eigenvalue weighted by molar-refractivity contribution is 5.04. The van der Waals surface area contributed by atoms with Gasteiger partial charge in [-0.3, -0.25) is 4.90 Å². The molecule has 3 atom stereocenters. The van der Waals surface area contributed by atoms with E-state index in [4.69, 9.17) is 6.42 Å². The van der Waals surface area contributed by atoms with E-state index in [1.165, 1.54) is 19.3 Å². The fraction of sp³-hybridized carbons (Fsp3) is 0.857. The van der Waals surface area contributed by atoms with E-state index >= 15 is 0 Å². The average Bonchev–Trinajstić information content (AvgIpc) is 3.14. The largest absolute Gasteiger partial charge is 0.311 e. The molecule has 1 heterocycles. The summed E-state index contributed by atoms with van der Waals surface area (Å²) in [6.45, 7) is 6.74. The van der Waals surface area contributed by atoms with Crippen LogP contribution in [0.2, 0.25) is 0 Å². The Morgan fingerprint density at radius 3 is 2.69 bits per heavy atom. The van der Waals surface area contributed by atoms with Crippen LogP contribution in [0.3, 0.4) is 0 Å². The van der Waals surface area contributed by atoms with Crippen molar-refractivity contribution in [2.75, 3.05) is 13.1 Å². The van der Waals surface area contributed by atoms with Crippen LogP contribution in [0.25, 0.3) is 0 Å². The Morgan fingerprint density at radius 2 is 2.19 bits per heavy atom. The van der Waals surface area contributed by atoms with E-state index in [2.05, 4.69) is 30.0 Å². The molecule has 0 spiro atoms. The van der Waals surface area contributed by atoms with Crippen molar-refractivity contribution in [2.45, 2.75) is 57.7 Å². The Labute approximate surface area is 99.8 Å². The summed E-state index contributed by atoms with van der Waals surface area (Å²) in [5.74, 6) is 3.89. The van der Waals surface area contributed by atoms with Gasteiger partial charge in [-0.05, 0) is 31.6 Å². The normalized spacial score (nSPS) is 33.3. The van der Waals surface area contributed by atoms with Gasteiger partial charge in [-0.25, -0.2) is 0 Å². The Kier molecular flexibility index (Phi) is 3.89. The van der Waals surface area contributed by atoms with Crippen molar-refractivity contribution in [3.05, 3.63) is 0 Å². The quantitative estimate of drug-likeness (QED) is 0.728. The van der Waals surface area contributed by atoms with Gasteiger partial charge < -0.3 is 5.32 Å². The van der Waals surface area contributed by atoms with E-state index in [1.54, 1.807) is 0 Å². The highest BCUT2D eigenvalue weighted by Crippen LogP contribution is 2.34. The van der Waals surface area contributed by atoms with Gasteiger partial charge in [0.25, 0.3) is 0 Å². The van der Waals surface area contributed by atoms with E-state index in [9.17, 15) is 0 Å². The SMILES string of the molecule is C#CC(CC)N1CC(C2CC2)NCC1CC. The molecule has 0 amide bonds. The van der Waals surface area contributed by atoms with Gasteiger partial charge in [0.2, 0.25) is 0 Å². The minimum Gasteiger partial charge on any atom is -0.311 e. The van der Waals surface area contributed by atoms with Crippen molar-refractivity contribution in [3.8, 4) is 12.3 Å². The molecule has 2 heteroatoms. The maximum absolute atomic E-state index is 5.66. The van der Waals surface area contributed by atoms with E-state index in [-0.39, 0.29) is 0 Å². The second-order valence-electron chi connectivity index (χ2n) is 5.20. The summed E-state index contributed by atoms with van der Waals surface area (Å²) in [5, 5.41) is 3.70. The first-order valence-electron chi connectivity index (χ1n) is 6.75. The molecule has 2 aliphatic rings. The highest BCUT2D eigenvalue weighted by atomic mass is 15.3. The van der Waals surface area contributed by atoms with Gasteiger partial charge in [-0.1, -0.05) is 19.8 Å². The van der Waals surface area contributed by atoms with Crippen molar-refractivity contribution in [1.29, 1.82) is 0 Å².